The number of hydrogen-bond donors (Lipinski definition) is 0. The summed E-state index contributed by atoms with van der Waals surface area (Å²) in [6.07, 6.45) is 14.5. The van der Waals surface area contributed by atoms with E-state index in [1.807, 2.05) is 0 Å². The van der Waals surface area contributed by atoms with E-state index in [1.54, 1.807) is 57.8 Å². The van der Waals surface area contributed by atoms with Gasteiger partial charge in [0.15, 0.2) is 0 Å². The molecule has 4 unspecified atom stereocenters. The lowest BCUT2D eigenvalue weighted by atomic mass is 9.59. The van der Waals surface area contributed by atoms with Crippen LogP contribution in [0, 0.1) is 35.5 Å². The van der Waals surface area contributed by atoms with Crippen molar-refractivity contribution < 1.29 is 0 Å². The second-order valence-corrected chi connectivity index (χ2v) is 7.02. The van der Waals surface area contributed by atoms with Gasteiger partial charge in [-0.1, -0.05) is 19.3 Å². The molecule has 0 aromatic heterocycles. The summed E-state index contributed by atoms with van der Waals surface area (Å²) in [6.45, 7) is 0. The summed E-state index contributed by atoms with van der Waals surface area (Å²) in [6, 6.07) is 0. The zero-order valence-electron chi connectivity index (χ0n) is 9.83. The highest BCUT2D eigenvalue weighted by Gasteiger charge is 2.47. The van der Waals surface area contributed by atoms with Crippen molar-refractivity contribution in [2.45, 2.75) is 57.8 Å². The van der Waals surface area contributed by atoms with Gasteiger partial charge in [-0.2, -0.15) is 0 Å². The van der Waals surface area contributed by atoms with Gasteiger partial charge in [0, 0.05) is 0 Å². The first-order chi connectivity index (χ1) is 7.40. The molecule has 0 N–H and O–H groups in total. The van der Waals surface area contributed by atoms with Gasteiger partial charge in [-0.25, -0.2) is 0 Å². The summed E-state index contributed by atoms with van der Waals surface area (Å²) < 4.78 is 0. The minimum absolute atomic E-state index is 1.15. The minimum Gasteiger partial charge on any atom is -0.0502 e. The van der Waals surface area contributed by atoms with Crippen molar-refractivity contribution in [3.8, 4) is 0 Å². The van der Waals surface area contributed by atoms with Crippen molar-refractivity contribution in [2.75, 3.05) is 0 Å². The summed E-state index contributed by atoms with van der Waals surface area (Å²) in [5, 5.41) is 0. The third kappa shape index (κ3) is 1.33. The van der Waals surface area contributed by atoms with Gasteiger partial charge in [-0.15, -0.1) is 0 Å². The smallest absolute Gasteiger partial charge is 0.0352 e. The molecule has 15 heavy (non-hydrogen) atoms. The first-order valence-corrected chi connectivity index (χ1v) is 7.40. The normalized spacial score (nSPS) is 57.6. The van der Waals surface area contributed by atoms with Crippen LogP contribution >= 0.6 is 0 Å². The molecule has 4 atom stereocenters. The summed E-state index contributed by atoms with van der Waals surface area (Å²) >= 11 is 0. The van der Waals surface area contributed by atoms with E-state index in [1.165, 1.54) is 29.6 Å². The highest BCUT2D eigenvalue weighted by atomic mass is 14.5. The summed E-state index contributed by atoms with van der Waals surface area (Å²) in [4.78, 5) is 0. The third-order valence-electron chi connectivity index (χ3n) is 6.45. The molecule has 4 bridgehead atoms. The van der Waals surface area contributed by atoms with Crippen molar-refractivity contribution in [3.63, 3.8) is 0 Å². The van der Waals surface area contributed by atoms with E-state index >= 15 is 0 Å². The molecular formula is C15H24. The van der Waals surface area contributed by atoms with Crippen LogP contribution in [-0.2, 0) is 0 Å². The zero-order valence-corrected chi connectivity index (χ0v) is 9.83. The molecule has 0 radical (unpaired) electrons. The molecule has 0 heterocycles. The van der Waals surface area contributed by atoms with E-state index in [2.05, 4.69) is 0 Å². The van der Waals surface area contributed by atoms with E-state index in [0.29, 0.717) is 0 Å². The molecule has 0 amide bonds. The predicted molar refractivity (Wildman–Crippen MR) is 62.5 cm³/mol. The van der Waals surface area contributed by atoms with Crippen molar-refractivity contribution >= 4 is 0 Å². The molecular weight excluding hydrogens is 180 g/mol. The average molecular weight is 204 g/mol. The van der Waals surface area contributed by atoms with E-state index < -0.39 is 0 Å². The Bertz CT molecular complexity index is 249. The Kier molecular flexibility index (Phi) is 1.96. The molecule has 0 spiro atoms. The molecule has 0 aliphatic heterocycles. The Morgan fingerprint density at radius 1 is 0.467 bits per heavy atom. The van der Waals surface area contributed by atoms with E-state index in [9.17, 15) is 0 Å². The standard InChI is InChI=1S/C15H24/c1-4-12-5-2-10(1)8-14(12)15-9-11-3-6-13(15)7-11/h10-15H,1-9H2. The maximum Gasteiger partial charge on any atom is -0.0352 e. The zero-order chi connectivity index (χ0) is 9.83. The molecule has 0 heteroatoms. The third-order valence-corrected chi connectivity index (χ3v) is 6.45. The molecule has 5 saturated carbocycles. The van der Waals surface area contributed by atoms with Crippen LogP contribution in [0.2, 0.25) is 0 Å². The van der Waals surface area contributed by atoms with Gasteiger partial charge in [-0.05, 0) is 74.0 Å². The van der Waals surface area contributed by atoms with Crippen LogP contribution in [0.15, 0.2) is 0 Å². The van der Waals surface area contributed by atoms with E-state index in [4.69, 9.17) is 0 Å². The van der Waals surface area contributed by atoms with Crippen LogP contribution in [0.3, 0.4) is 0 Å². The lowest BCUT2D eigenvalue weighted by molar-refractivity contribution is 0.0356. The van der Waals surface area contributed by atoms with Crippen LogP contribution < -0.4 is 0 Å². The second-order valence-electron chi connectivity index (χ2n) is 7.02. The summed E-state index contributed by atoms with van der Waals surface area (Å²) in [7, 11) is 0. The van der Waals surface area contributed by atoms with Crippen molar-refractivity contribution in [2.24, 2.45) is 35.5 Å². The molecule has 5 aliphatic carbocycles. The fraction of sp³-hybridized carbons (Fsp3) is 1.00. The number of rotatable bonds is 1. The summed E-state index contributed by atoms with van der Waals surface area (Å²) in [5.74, 6) is 7.04. The Labute approximate surface area is 93.8 Å². The van der Waals surface area contributed by atoms with Crippen molar-refractivity contribution in [3.05, 3.63) is 0 Å². The fourth-order valence-electron chi connectivity index (χ4n) is 5.77. The Hall–Kier alpha value is 0. The van der Waals surface area contributed by atoms with Gasteiger partial charge < -0.3 is 0 Å². The number of fused-ring (bicyclic) bond motifs is 5. The van der Waals surface area contributed by atoms with Crippen LogP contribution in [0.5, 0.6) is 0 Å². The van der Waals surface area contributed by atoms with Gasteiger partial charge in [0.05, 0.1) is 0 Å². The molecule has 0 nitrogen and oxygen atoms in total. The summed E-state index contributed by atoms with van der Waals surface area (Å²) in [5.41, 5.74) is 0. The van der Waals surface area contributed by atoms with Crippen molar-refractivity contribution in [1.82, 2.24) is 0 Å². The highest BCUT2D eigenvalue weighted by Crippen LogP contribution is 2.57. The first-order valence-electron chi connectivity index (χ1n) is 7.40. The van der Waals surface area contributed by atoms with Crippen molar-refractivity contribution in [1.29, 1.82) is 0 Å². The van der Waals surface area contributed by atoms with Gasteiger partial charge in [0.2, 0.25) is 0 Å². The Balaban J connectivity index is 1.53. The quantitative estimate of drug-likeness (QED) is 0.599. The molecule has 5 rings (SSSR count). The monoisotopic (exact) mass is 204 g/mol. The first kappa shape index (κ1) is 9.07. The van der Waals surface area contributed by atoms with Gasteiger partial charge >= 0.3 is 0 Å². The van der Waals surface area contributed by atoms with E-state index in [-0.39, 0.29) is 0 Å². The fourth-order valence-corrected chi connectivity index (χ4v) is 5.77. The molecule has 0 saturated heterocycles. The predicted octanol–water partition coefficient (Wildman–Crippen LogP) is 4.25. The molecule has 0 aromatic carbocycles. The van der Waals surface area contributed by atoms with Crippen LogP contribution in [0.1, 0.15) is 57.8 Å². The lowest BCUT2D eigenvalue weighted by Crippen LogP contribution is -2.37. The van der Waals surface area contributed by atoms with Crippen LogP contribution in [0.25, 0.3) is 0 Å². The molecule has 0 aromatic rings. The SMILES string of the molecule is C1CC2CCC1CC2C1CC2CCC1C2. The Morgan fingerprint density at radius 3 is 1.60 bits per heavy atom. The topological polar surface area (TPSA) is 0 Å². The molecule has 84 valence electrons. The van der Waals surface area contributed by atoms with Gasteiger partial charge in [-0.3, -0.25) is 0 Å². The van der Waals surface area contributed by atoms with E-state index in [0.717, 1.165) is 5.92 Å². The number of hydrogen-bond acceptors (Lipinski definition) is 0. The second kappa shape index (κ2) is 3.25. The highest BCUT2D eigenvalue weighted by molar-refractivity contribution is 4.98. The minimum atomic E-state index is 1.15. The molecule has 5 fully saturated rings. The molecule has 5 aliphatic rings. The lowest BCUT2D eigenvalue weighted by Gasteiger charge is -2.47. The van der Waals surface area contributed by atoms with Crippen LogP contribution in [0.4, 0.5) is 0 Å². The maximum absolute atomic E-state index is 1.64. The largest absolute Gasteiger partial charge is 0.0502 e. The average Bonchev–Trinajstić information content (AvgIpc) is 2.92. The van der Waals surface area contributed by atoms with Gasteiger partial charge in [0.1, 0.15) is 0 Å². The maximum atomic E-state index is 1.64. The Morgan fingerprint density at radius 2 is 1.07 bits per heavy atom. The van der Waals surface area contributed by atoms with Crippen LogP contribution in [-0.4, -0.2) is 0 Å². The van der Waals surface area contributed by atoms with Gasteiger partial charge in [0.25, 0.3) is 0 Å².